The molecule has 9 nitrogen and oxygen atoms in total. The Bertz CT molecular complexity index is 2360. The number of hydrogen-bond acceptors (Lipinski definition) is 8. The zero-order valence-electron chi connectivity index (χ0n) is 33.1. The largest absolute Gasteiger partial charge is 0.388 e. The summed E-state index contributed by atoms with van der Waals surface area (Å²) in [6.07, 6.45) is 8.89. The summed E-state index contributed by atoms with van der Waals surface area (Å²) < 4.78 is 34.0. The Balaban J connectivity index is 0.000000198. The number of para-hydroxylation sites is 1. The lowest BCUT2D eigenvalue weighted by molar-refractivity contribution is 0.0985. The number of allylic oxidation sites excluding steroid dienone is 1. The molecule has 0 unspecified atom stereocenters. The van der Waals surface area contributed by atoms with E-state index < -0.39 is 17.5 Å². The Kier molecular flexibility index (Phi) is 12.9. The molecule has 2 amide bonds. The van der Waals surface area contributed by atoms with Crippen molar-refractivity contribution in [1.82, 2.24) is 4.98 Å². The number of pyridine rings is 1. The van der Waals surface area contributed by atoms with Crippen LogP contribution in [0.3, 0.4) is 0 Å². The highest BCUT2D eigenvalue weighted by molar-refractivity contribution is 7.17. The number of carbonyl (C=O) groups is 3. The standard InChI is InChI=1S/C27H20ClF2N3O2S.C19H26N2O2/c1-31-18-8-5-15(6-9-18)27(35)33-12-11-16-13-23(26(34)32-24-20(28)3-2-4-21(24)30)36-25(16)19-10-7-17(29)14-22(19)33;1-3-5-8-19(7-4-2)13-21(14-19)18-15(11-22)10-16-12-23-9-6-17(16)20-18/h2-10,13-14,31H,11-12H2,1H3,(H,32,34);3,10-11H,1,4-9,12-14H2,2H3. The lowest BCUT2D eigenvalue weighted by Gasteiger charge is -2.51. The number of ether oxygens (including phenoxy) is 1. The molecule has 8 rings (SSSR count). The van der Waals surface area contributed by atoms with Gasteiger partial charge in [0.05, 0.1) is 45.7 Å². The first-order valence-electron chi connectivity index (χ1n) is 19.8. The number of carbonyl (C=O) groups excluding carboxylic acids is 3. The van der Waals surface area contributed by atoms with Gasteiger partial charge in [0, 0.05) is 65.8 Å². The van der Waals surface area contributed by atoms with E-state index in [1.807, 2.05) is 12.1 Å². The van der Waals surface area contributed by atoms with Crippen LogP contribution in [0.5, 0.6) is 0 Å². The third-order valence-corrected chi connectivity index (χ3v) is 12.6. The molecule has 2 N–H and O–H groups in total. The van der Waals surface area contributed by atoms with Crippen LogP contribution in [-0.2, 0) is 24.2 Å². The van der Waals surface area contributed by atoms with Gasteiger partial charge in [0.1, 0.15) is 17.5 Å². The van der Waals surface area contributed by atoms with Crippen molar-refractivity contribution in [1.29, 1.82) is 0 Å². The highest BCUT2D eigenvalue weighted by Gasteiger charge is 2.43. The molecule has 13 heteroatoms. The third kappa shape index (κ3) is 8.95. The fourth-order valence-corrected chi connectivity index (χ4v) is 9.44. The fourth-order valence-electron chi connectivity index (χ4n) is 8.09. The first-order valence-corrected chi connectivity index (χ1v) is 21.0. The van der Waals surface area contributed by atoms with Gasteiger partial charge in [-0.05, 0) is 98.0 Å². The minimum absolute atomic E-state index is 0.0868. The summed E-state index contributed by atoms with van der Waals surface area (Å²) in [7, 11) is 1.79. The molecule has 5 aromatic rings. The van der Waals surface area contributed by atoms with Crippen LogP contribution in [-0.4, -0.2) is 56.4 Å². The molecular formula is C46H46ClF2N5O4S. The van der Waals surface area contributed by atoms with Crippen molar-refractivity contribution < 1.29 is 27.9 Å². The second kappa shape index (κ2) is 18.2. The Morgan fingerprint density at radius 2 is 1.83 bits per heavy atom. The number of amides is 2. The molecule has 2 aromatic heterocycles. The molecule has 306 valence electrons. The van der Waals surface area contributed by atoms with Crippen molar-refractivity contribution in [2.24, 2.45) is 5.41 Å². The van der Waals surface area contributed by atoms with Crippen LogP contribution in [0, 0.1) is 17.0 Å². The molecule has 59 heavy (non-hydrogen) atoms. The van der Waals surface area contributed by atoms with Crippen LogP contribution < -0.4 is 20.4 Å². The van der Waals surface area contributed by atoms with E-state index in [1.165, 1.54) is 60.9 Å². The van der Waals surface area contributed by atoms with E-state index in [9.17, 15) is 23.2 Å². The van der Waals surface area contributed by atoms with Crippen molar-refractivity contribution in [2.45, 2.75) is 52.1 Å². The summed E-state index contributed by atoms with van der Waals surface area (Å²) in [6, 6.07) is 19.2. The molecule has 0 radical (unpaired) electrons. The van der Waals surface area contributed by atoms with Gasteiger partial charge in [0.25, 0.3) is 11.8 Å². The van der Waals surface area contributed by atoms with Crippen LogP contribution in [0.15, 0.2) is 85.5 Å². The molecule has 3 aromatic carbocycles. The van der Waals surface area contributed by atoms with Crippen molar-refractivity contribution in [3.8, 4) is 10.4 Å². The van der Waals surface area contributed by atoms with Crippen LogP contribution in [0.2, 0.25) is 5.02 Å². The number of benzene rings is 3. The quantitative estimate of drug-likeness (QED) is 0.101. The molecule has 3 aliphatic heterocycles. The van der Waals surface area contributed by atoms with Crippen LogP contribution in [0.25, 0.3) is 10.4 Å². The molecule has 5 heterocycles. The molecule has 0 bridgehead atoms. The second-order valence-corrected chi connectivity index (χ2v) is 16.5. The first kappa shape index (κ1) is 41.7. The van der Waals surface area contributed by atoms with E-state index in [0.717, 1.165) is 72.0 Å². The zero-order valence-corrected chi connectivity index (χ0v) is 34.7. The minimum atomic E-state index is -0.633. The Morgan fingerprint density at radius 1 is 1.03 bits per heavy atom. The maximum Gasteiger partial charge on any atom is 0.265 e. The molecule has 0 aliphatic carbocycles. The van der Waals surface area contributed by atoms with Crippen molar-refractivity contribution in [3.63, 3.8) is 0 Å². The van der Waals surface area contributed by atoms with Gasteiger partial charge in [-0.15, -0.1) is 17.9 Å². The Morgan fingerprint density at radius 3 is 2.54 bits per heavy atom. The maximum absolute atomic E-state index is 14.3. The molecule has 3 aliphatic rings. The number of aromatic nitrogens is 1. The molecule has 0 atom stereocenters. The summed E-state index contributed by atoms with van der Waals surface area (Å²) in [5.41, 5.74) is 6.42. The van der Waals surface area contributed by atoms with Crippen molar-refractivity contribution >= 4 is 63.9 Å². The molecular weight excluding hydrogens is 792 g/mol. The van der Waals surface area contributed by atoms with Crippen molar-refractivity contribution in [3.05, 3.63) is 135 Å². The van der Waals surface area contributed by atoms with Crippen LogP contribution >= 0.6 is 22.9 Å². The predicted octanol–water partition coefficient (Wildman–Crippen LogP) is 10.4. The number of rotatable bonds is 11. The number of fused-ring (bicyclic) bond motifs is 4. The average Bonchev–Trinajstić information content (AvgIpc) is 3.60. The van der Waals surface area contributed by atoms with Crippen LogP contribution in [0.4, 0.5) is 31.7 Å². The number of aldehydes is 1. The smallest absolute Gasteiger partial charge is 0.265 e. The predicted molar refractivity (Wildman–Crippen MR) is 232 cm³/mol. The number of hydrogen-bond donors (Lipinski definition) is 2. The Hall–Kier alpha value is -5.43. The molecule has 1 fully saturated rings. The monoisotopic (exact) mass is 837 g/mol. The van der Waals surface area contributed by atoms with E-state index in [2.05, 4.69) is 29.0 Å². The van der Waals surface area contributed by atoms with Gasteiger partial charge in [-0.1, -0.05) is 37.1 Å². The lowest BCUT2D eigenvalue weighted by Crippen LogP contribution is -2.57. The summed E-state index contributed by atoms with van der Waals surface area (Å²) in [5, 5.41) is 5.66. The maximum atomic E-state index is 14.3. The Labute approximate surface area is 352 Å². The molecule has 0 spiro atoms. The van der Waals surface area contributed by atoms with Gasteiger partial charge < -0.3 is 25.2 Å². The SMILES string of the molecule is C=CCCC1(CCC)CN(c2nc3c(cc2C=O)COCC3)C1.CNc1ccc(C(=O)N2CCc3cc(C(=O)Nc4c(F)cccc4Cl)sc3-c3ccc(F)cc32)cc1. The highest BCUT2D eigenvalue weighted by atomic mass is 35.5. The normalized spacial score (nSPS) is 14.9. The molecule has 0 saturated carbocycles. The van der Waals surface area contributed by atoms with E-state index in [1.54, 1.807) is 48.3 Å². The van der Waals surface area contributed by atoms with Gasteiger partial charge in [-0.25, -0.2) is 13.8 Å². The summed E-state index contributed by atoms with van der Waals surface area (Å²) >= 11 is 7.26. The van der Waals surface area contributed by atoms with Gasteiger partial charge in [-0.2, -0.15) is 0 Å². The first-order chi connectivity index (χ1) is 28.6. The van der Waals surface area contributed by atoms with Gasteiger partial charge in [-0.3, -0.25) is 14.4 Å². The van der Waals surface area contributed by atoms with Gasteiger partial charge in [0.2, 0.25) is 0 Å². The minimum Gasteiger partial charge on any atom is -0.388 e. The number of anilines is 4. The zero-order chi connectivity index (χ0) is 41.7. The summed E-state index contributed by atoms with van der Waals surface area (Å²) in [6.45, 7) is 9.68. The topological polar surface area (TPSA) is 104 Å². The van der Waals surface area contributed by atoms with Crippen molar-refractivity contribution in [2.75, 3.05) is 53.7 Å². The number of nitrogens with zero attached hydrogens (tertiary/aromatic N) is 3. The second-order valence-electron chi connectivity index (χ2n) is 15.1. The lowest BCUT2D eigenvalue weighted by atomic mass is 9.72. The van der Waals surface area contributed by atoms with E-state index in [0.29, 0.717) is 52.2 Å². The van der Waals surface area contributed by atoms with Gasteiger partial charge in [0.15, 0.2) is 6.29 Å². The number of halogens is 3. The van der Waals surface area contributed by atoms with E-state index in [-0.39, 0.29) is 16.6 Å². The van der Waals surface area contributed by atoms with E-state index in [4.69, 9.17) is 21.3 Å². The third-order valence-electron chi connectivity index (χ3n) is 11.1. The number of thiophene rings is 1. The fraction of sp³-hybridized carbons (Fsp3) is 0.304. The van der Waals surface area contributed by atoms with Crippen LogP contribution in [0.1, 0.15) is 79.8 Å². The summed E-state index contributed by atoms with van der Waals surface area (Å²) in [4.78, 5) is 47.6. The van der Waals surface area contributed by atoms with E-state index >= 15 is 0 Å². The summed E-state index contributed by atoms with van der Waals surface area (Å²) in [5.74, 6) is -0.977. The number of nitrogens with one attached hydrogen (secondary N) is 2. The molecule has 1 saturated heterocycles. The van der Waals surface area contributed by atoms with Gasteiger partial charge >= 0.3 is 0 Å². The average molecular weight is 838 g/mol. The highest BCUT2D eigenvalue weighted by Crippen LogP contribution is 2.44.